The number of nitrogens with two attached hydrogens (primary N) is 1. The lowest BCUT2D eigenvalue weighted by Crippen LogP contribution is -2.56. The fourth-order valence-electron chi connectivity index (χ4n) is 3.57. The Kier molecular flexibility index (Phi) is 6.53. The smallest absolute Gasteiger partial charge is 0.410 e. The zero-order valence-electron chi connectivity index (χ0n) is 18.5. The molecule has 0 bridgehead atoms. The fraction of sp³-hybridized carbons (Fsp3) is 0.476. The first-order valence-corrected chi connectivity index (χ1v) is 10.2. The number of hydrogen-bond donors (Lipinski definition) is 2. The van der Waals surface area contributed by atoms with Crippen LogP contribution in [0.15, 0.2) is 24.5 Å². The van der Waals surface area contributed by atoms with Crippen LogP contribution in [0.25, 0.3) is 0 Å². The molecule has 0 unspecified atom stereocenters. The molecular weight excluding hydrogens is 436 g/mol. The number of amides is 2. The maximum Gasteiger partial charge on any atom is 0.410 e. The van der Waals surface area contributed by atoms with Gasteiger partial charge in [0.05, 0.1) is 30.9 Å². The molecule has 2 amide bonds. The van der Waals surface area contributed by atoms with Crippen LogP contribution in [0.1, 0.15) is 44.0 Å². The van der Waals surface area contributed by atoms with Crippen molar-refractivity contribution in [3.63, 3.8) is 0 Å². The highest BCUT2D eigenvalue weighted by molar-refractivity contribution is 5.98. The van der Waals surface area contributed by atoms with Gasteiger partial charge in [-0.1, -0.05) is 0 Å². The van der Waals surface area contributed by atoms with Gasteiger partial charge in [-0.3, -0.25) is 9.48 Å². The number of nitriles is 1. The third-order valence-corrected chi connectivity index (χ3v) is 5.24. The predicted molar refractivity (Wildman–Crippen MR) is 114 cm³/mol. The SMILES string of the molecule is CC(C)(C)OC(=O)N1CC[C@](CC#N)(n2cc(C(N)=O)c(Nc3ccc(F)nc3)n2)[C@@H](F)C1. The lowest BCUT2D eigenvalue weighted by Gasteiger charge is -2.43. The summed E-state index contributed by atoms with van der Waals surface area (Å²) in [4.78, 5) is 29.2. The molecule has 33 heavy (non-hydrogen) atoms. The van der Waals surface area contributed by atoms with Gasteiger partial charge in [0, 0.05) is 12.7 Å². The monoisotopic (exact) mass is 461 g/mol. The topological polar surface area (TPSA) is 139 Å². The zero-order chi connectivity index (χ0) is 24.4. The van der Waals surface area contributed by atoms with Crippen molar-refractivity contribution in [1.82, 2.24) is 19.7 Å². The molecule has 0 aliphatic carbocycles. The third kappa shape index (κ3) is 5.19. The van der Waals surface area contributed by atoms with Crippen molar-refractivity contribution in [2.45, 2.75) is 50.9 Å². The molecule has 0 saturated carbocycles. The van der Waals surface area contributed by atoms with Crippen molar-refractivity contribution in [3.8, 4) is 6.07 Å². The molecule has 0 aromatic carbocycles. The van der Waals surface area contributed by atoms with Gasteiger partial charge in [-0.25, -0.2) is 14.2 Å². The van der Waals surface area contributed by atoms with Gasteiger partial charge in [0.15, 0.2) is 5.82 Å². The fourth-order valence-corrected chi connectivity index (χ4v) is 3.57. The Morgan fingerprint density at radius 3 is 2.70 bits per heavy atom. The van der Waals surface area contributed by atoms with E-state index in [2.05, 4.69) is 15.4 Å². The minimum Gasteiger partial charge on any atom is -0.444 e. The first-order valence-electron chi connectivity index (χ1n) is 10.2. The Morgan fingerprint density at radius 2 is 2.15 bits per heavy atom. The second kappa shape index (κ2) is 9.01. The van der Waals surface area contributed by atoms with E-state index in [0.717, 1.165) is 6.07 Å². The van der Waals surface area contributed by atoms with E-state index in [0.29, 0.717) is 5.69 Å². The molecule has 176 valence electrons. The summed E-state index contributed by atoms with van der Waals surface area (Å²) in [5, 5.41) is 16.5. The van der Waals surface area contributed by atoms with E-state index in [9.17, 15) is 19.2 Å². The number of hydrogen-bond acceptors (Lipinski definition) is 7. The highest BCUT2D eigenvalue weighted by Gasteiger charge is 2.48. The van der Waals surface area contributed by atoms with Crippen molar-refractivity contribution in [2.24, 2.45) is 5.73 Å². The Morgan fingerprint density at radius 1 is 1.42 bits per heavy atom. The van der Waals surface area contributed by atoms with Gasteiger partial charge in [-0.2, -0.15) is 14.8 Å². The van der Waals surface area contributed by atoms with Crippen LogP contribution >= 0.6 is 0 Å². The summed E-state index contributed by atoms with van der Waals surface area (Å²) in [7, 11) is 0. The first-order chi connectivity index (χ1) is 15.4. The highest BCUT2D eigenvalue weighted by atomic mass is 19.1. The molecule has 3 heterocycles. The van der Waals surface area contributed by atoms with Gasteiger partial charge in [0.1, 0.15) is 22.9 Å². The van der Waals surface area contributed by atoms with E-state index in [-0.39, 0.29) is 37.3 Å². The number of anilines is 2. The van der Waals surface area contributed by atoms with E-state index < -0.39 is 35.3 Å². The summed E-state index contributed by atoms with van der Waals surface area (Å²) in [5.74, 6) is -1.51. The molecule has 3 rings (SSSR count). The zero-order valence-corrected chi connectivity index (χ0v) is 18.5. The predicted octanol–water partition coefficient (Wildman–Crippen LogP) is 2.85. The first kappa shape index (κ1) is 23.9. The van der Waals surface area contributed by atoms with Gasteiger partial charge < -0.3 is 20.7 Å². The summed E-state index contributed by atoms with van der Waals surface area (Å²) in [6.45, 7) is 4.94. The number of ether oxygens (including phenoxy) is 1. The molecule has 0 spiro atoms. The summed E-state index contributed by atoms with van der Waals surface area (Å²) in [5.41, 5.74) is 3.59. The number of pyridine rings is 1. The molecule has 2 aromatic rings. The molecule has 10 nitrogen and oxygen atoms in total. The van der Waals surface area contributed by atoms with Crippen molar-refractivity contribution in [3.05, 3.63) is 36.0 Å². The Labute approximate surface area is 189 Å². The molecule has 1 saturated heterocycles. The molecule has 2 aromatic heterocycles. The molecule has 1 aliphatic rings. The molecule has 1 fully saturated rings. The Hall–Kier alpha value is -3.75. The number of likely N-dealkylation sites (tertiary alicyclic amines) is 1. The van der Waals surface area contributed by atoms with Gasteiger partial charge in [0.25, 0.3) is 5.91 Å². The standard InChI is InChI=1S/C21H25F2N7O3/c1-20(2,3)33-19(32)29-9-7-21(6-8-24,15(22)12-29)30-11-14(17(25)31)18(28-30)27-13-4-5-16(23)26-10-13/h4-5,10-11,15H,6-7,9,12H2,1-3H3,(H2,25,31)(H,27,28)/t15-,21-/m0/s1. The van der Waals surface area contributed by atoms with E-state index in [1.54, 1.807) is 20.8 Å². The van der Waals surface area contributed by atoms with E-state index in [4.69, 9.17) is 10.5 Å². The van der Waals surface area contributed by atoms with E-state index in [1.807, 2.05) is 6.07 Å². The average Bonchev–Trinajstić information content (AvgIpc) is 3.14. The quantitative estimate of drug-likeness (QED) is 0.653. The largest absolute Gasteiger partial charge is 0.444 e. The van der Waals surface area contributed by atoms with Crippen LogP contribution in [0.5, 0.6) is 0 Å². The number of nitrogens with one attached hydrogen (secondary N) is 1. The van der Waals surface area contributed by atoms with Gasteiger partial charge >= 0.3 is 6.09 Å². The van der Waals surface area contributed by atoms with Crippen molar-refractivity contribution >= 4 is 23.5 Å². The minimum absolute atomic E-state index is 0.00925. The summed E-state index contributed by atoms with van der Waals surface area (Å²) >= 11 is 0. The maximum atomic E-state index is 15.6. The van der Waals surface area contributed by atoms with Crippen LogP contribution in [-0.4, -0.2) is 56.5 Å². The second-order valence-corrected chi connectivity index (χ2v) is 8.78. The maximum absolute atomic E-state index is 15.6. The number of halogens is 2. The van der Waals surface area contributed by atoms with E-state index in [1.165, 1.54) is 28.0 Å². The Bertz CT molecular complexity index is 1080. The van der Waals surface area contributed by atoms with Crippen LogP contribution in [0, 0.1) is 17.3 Å². The van der Waals surface area contributed by atoms with Crippen LogP contribution in [-0.2, 0) is 10.3 Å². The lowest BCUT2D eigenvalue weighted by atomic mass is 9.83. The third-order valence-electron chi connectivity index (χ3n) is 5.24. The molecular formula is C21H25F2N7O3. The summed E-state index contributed by atoms with van der Waals surface area (Å²) in [6.07, 6.45) is -0.0676. The number of carbonyl (C=O) groups is 2. The number of piperidine rings is 1. The molecule has 12 heteroatoms. The van der Waals surface area contributed by atoms with Crippen LogP contribution in [0.2, 0.25) is 0 Å². The number of carbonyl (C=O) groups excluding carboxylic acids is 2. The van der Waals surface area contributed by atoms with Crippen LogP contribution in [0.4, 0.5) is 25.1 Å². The van der Waals surface area contributed by atoms with Crippen LogP contribution < -0.4 is 11.1 Å². The van der Waals surface area contributed by atoms with Gasteiger partial charge in [0.2, 0.25) is 5.95 Å². The number of nitrogens with zero attached hydrogens (tertiary/aromatic N) is 5. The van der Waals surface area contributed by atoms with Gasteiger partial charge in [-0.05, 0) is 39.3 Å². The van der Waals surface area contributed by atoms with E-state index >= 15 is 4.39 Å². The summed E-state index contributed by atoms with van der Waals surface area (Å²) in [6, 6.07) is 4.48. The number of rotatable bonds is 5. The normalized spacial score (nSPS) is 20.7. The number of aromatic nitrogens is 3. The number of primary amides is 1. The lowest BCUT2D eigenvalue weighted by molar-refractivity contribution is -0.0179. The van der Waals surface area contributed by atoms with Crippen LogP contribution in [0.3, 0.4) is 0 Å². The molecule has 3 N–H and O–H groups in total. The van der Waals surface area contributed by atoms with Crippen molar-refractivity contribution in [1.29, 1.82) is 5.26 Å². The average molecular weight is 461 g/mol. The molecule has 2 atom stereocenters. The van der Waals surface area contributed by atoms with Crippen molar-refractivity contribution in [2.75, 3.05) is 18.4 Å². The highest BCUT2D eigenvalue weighted by Crippen LogP contribution is 2.37. The molecule has 0 radical (unpaired) electrons. The van der Waals surface area contributed by atoms with Crippen molar-refractivity contribution < 1.29 is 23.1 Å². The molecule has 1 aliphatic heterocycles. The minimum atomic E-state index is -1.68. The number of alkyl halides is 1. The van der Waals surface area contributed by atoms with Gasteiger partial charge in [-0.15, -0.1) is 0 Å². The second-order valence-electron chi connectivity index (χ2n) is 8.78. The Balaban J connectivity index is 1.91. The summed E-state index contributed by atoms with van der Waals surface area (Å²) < 4.78 is 35.2.